The minimum Gasteiger partial charge on any atom is -0.337 e. The van der Waals surface area contributed by atoms with Crippen LogP contribution in [0.1, 0.15) is 32.4 Å². The standard InChI is InChI=1S/C18H23N3OS/c1-14-17(23-15(2)19-14)18(22)21-10-6-9-20(11-12-21)13-16-7-4-3-5-8-16/h3-5,7-8H,6,9-13H2,1-2H3. The third-order valence-electron chi connectivity index (χ3n) is 4.22. The number of aromatic nitrogens is 1. The molecule has 0 aliphatic carbocycles. The van der Waals surface area contributed by atoms with Gasteiger partial charge in [-0.1, -0.05) is 30.3 Å². The molecule has 0 N–H and O–H groups in total. The molecule has 1 saturated heterocycles. The zero-order valence-corrected chi connectivity index (χ0v) is 14.6. The summed E-state index contributed by atoms with van der Waals surface area (Å²) >= 11 is 1.51. The van der Waals surface area contributed by atoms with Crippen molar-refractivity contribution in [3.63, 3.8) is 0 Å². The number of nitrogens with zero attached hydrogens (tertiary/aromatic N) is 3. The molecular weight excluding hydrogens is 306 g/mol. The van der Waals surface area contributed by atoms with Crippen molar-refractivity contribution in [3.8, 4) is 0 Å². The average Bonchev–Trinajstić information content (AvgIpc) is 2.74. The molecule has 0 bridgehead atoms. The normalized spacial score (nSPS) is 16.3. The van der Waals surface area contributed by atoms with Gasteiger partial charge in [0.1, 0.15) is 4.88 Å². The van der Waals surface area contributed by atoms with Crippen LogP contribution >= 0.6 is 11.3 Å². The highest BCUT2D eigenvalue weighted by molar-refractivity contribution is 7.13. The summed E-state index contributed by atoms with van der Waals surface area (Å²) in [5, 5.41) is 0.964. The fraction of sp³-hybridized carbons (Fsp3) is 0.444. The average molecular weight is 329 g/mol. The number of benzene rings is 1. The quantitative estimate of drug-likeness (QED) is 0.868. The first-order valence-corrected chi connectivity index (χ1v) is 8.95. The minimum absolute atomic E-state index is 0.148. The van der Waals surface area contributed by atoms with Crippen molar-refractivity contribution in [2.45, 2.75) is 26.8 Å². The lowest BCUT2D eigenvalue weighted by Gasteiger charge is -2.21. The number of carbonyl (C=O) groups excluding carboxylic acids is 1. The topological polar surface area (TPSA) is 36.4 Å². The second-order valence-electron chi connectivity index (χ2n) is 6.05. The maximum absolute atomic E-state index is 12.7. The second-order valence-corrected chi connectivity index (χ2v) is 7.26. The number of carbonyl (C=O) groups is 1. The van der Waals surface area contributed by atoms with Gasteiger partial charge in [-0.05, 0) is 25.8 Å². The Morgan fingerprint density at radius 2 is 1.91 bits per heavy atom. The van der Waals surface area contributed by atoms with E-state index in [2.05, 4.69) is 34.1 Å². The van der Waals surface area contributed by atoms with E-state index in [0.717, 1.165) is 54.7 Å². The van der Waals surface area contributed by atoms with Crippen LogP contribution in [0.5, 0.6) is 0 Å². The largest absolute Gasteiger partial charge is 0.337 e. The highest BCUT2D eigenvalue weighted by atomic mass is 32.1. The third kappa shape index (κ3) is 3.98. The van der Waals surface area contributed by atoms with Crippen LogP contribution in [-0.2, 0) is 6.54 Å². The Hall–Kier alpha value is -1.72. The number of thiazole rings is 1. The van der Waals surface area contributed by atoms with E-state index in [0.29, 0.717) is 0 Å². The smallest absolute Gasteiger partial charge is 0.265 e. The molecule has 0 atom stereocenters. The summed E-state index contributed by atoms with van der Waals surface area (Å²) in [6, 6.07) is 10.5. The summed E-state index contributed by atoms with van der Waals surface area (Å²) in [6.07, 6.45) is 1.02. The van der Waals surface area contributed by atoms with Crippen molar-refractivity contribution in [2.24, 2.45) is 0 Å². The van der Waals surface area contributed by atoms with Crippen LogP contribution < -0.4 is 0 Å². The minimum atomic E-state index is 0.148. The zero-order chi connectivity index (χ0) is 16.2. The number of hydrogen-bond acceptors (Lipinski definition) is 4. The number of amides is 1. The van der Waals surface area contributed by atoms with E-state index in [4.69, 9.17) is 0 Å². The van der Waals surface area contributed by atoms with E-state index >= 15 is 0 Å². The summed E-state index contributed by atoms with van der Waals surface area (Å²) in [5.74, 6) is 0.148. The van der Waals surface area contributed by atoms with Crippen molar-refractivity contribution in [1.82, 2.24) is 14.8 Å². The lowest BCUT2D eigenvalue weighted by atomic mass is 10.2. The van der Waals surface area contributed by atoms with Crippen molar-refractivity contribution >= 4 is 17.2 Å². The Kier molecular flexibility index (Phi) is 5.08. The Morgan fingerprint density at radius 3 is 2.61 bits per heavy atom. The van der Waals surface area contributed by atoms with Gasteiger partial charge < -0.3 is 4.90 Å². The zero-order valence-electron chi connectivity index (χ0n) is 13.8. The molecule has 0 spiro atoms. The molecule has 23 heavy (non-hydrogen) atoms. The molecule has 0 radical (unpaired) electrons. The van der Waals surface area contributed by atoms with Gasteiger partial charge >= 0.3 is 0 Å². The van der Waals surface area contributed by atoms with E-state index in [-0.39, 0.29) is 5.91 Å². The maximum atomic E-state index is 12.7. The number of hydrogen-bond donors (Lipinski definition) is 0. The number of aryl methyl sites for hydroxylation is 2. The van der Waals surface area contributed by atoms with Crippen molar-refractivity contribution in [3.05, 3.63) is 51.5 Å². The van der Waals surface area contributed by atoms with Gasteiger partial charge in [-0.3, -0.25) is 9.69 Å². The molecule has 2 aromatic rings. The van der Waals surface area contributed by atoms with Crippen LogP contribution in [-0.4, -0.2) is 46.9 Å². The van der Waals surface area contributed by atoms with E-state index < -0.39 is 0 Å². The molecule has 5 heteroatoms. The molecule has 0 saturated carbocycles. The van der Waals surface area contributed by atoms with Gasteiger partial charge in [0.15, 0.2) is 0 Å². The predicted octanol–water partition coefficient (Wildman–Crippen LogP) is 3.11. The molecule has 122 valence electrons. The van der Waals surface area contributed by atoms with Gasteiger partial charge in [-0.25, -0.2) is 4.98 Å². The van der Waals surface area contributed by atoms with Gasteiger partial charge in [-0.2, -0.15) is 0 Å². The first-order chi connectivity index (χ1) is 11.1. The van der Waals surface area contributed by atoms with Crippen LogP contribution in [0, 0.1) is 13.8 Å². The van der Waals surface area contributed by atoms with Crippen LogP contribution in [0.15, 0.2) is 30.3 Å². The van der Waals surface area contributed by atoms with Crippen molar-refractivity contribution in [1.29, 1.82) is 0 Å². The molecule has 4 nitrogen and oxygen atoms in total. The highest BCUT2D eigenvalue weighted by Gasteiger charge is 2.23. The molecule has 0 unspecified atom stereocenters. The molecule has 2 heterocycles. The first kappa shape index (κ1) is 16.1. The van der Waals surface area contributed by atoms with E-state index in [1.807, 2.05) is 24.8 Å². The summed E-state index contributed by atoms with van der Waals surface area (Å²) in [5.41, 5.74) is 2.20. The van der Waals surface area contributed by atoms with Gasteiger partial charge in [0.05, 0.1) is 10.7 Å². The Bertz CT molecular complexity index is 668. The molecular formula is C18H23N3OS. The summed E-state index contributed by atoms with van der Waals surface area (Å²) in [4.78, 5) is 22.3. The fourth-order valence-corrected chi connectivity index (χ4v) is 3.93. The molecule has 1 aliphatic heterocycles. The molecule has 1 aliphatic rings. The predicted molar refractivity (Wildman–Crippen MR) is 93.8 cm³/mol. The Balaban J connectivity index is 1.62. The Morgan fingerprint density at radius 1 is 1.13 bits per heavy atom. The van der Waals surface area contributed by atoms with Crippen molar-refractivity contribution in [2.75, 3.05) is 26.2 Å². The maximum Gasteiger partial charge on any atom is 0.265 e. The first-order valence-electron chi connectivity index (χ1n) is 8.13. The number of rotatable bonds is 3. The monoisotopic (exact) mass is 329 g/mol. The van der Waals surface area contributed by atoms with Crippen LogP contribution in [0.3, 0.4) is 0 Å². The van der Waals surface area contributed by atoms with Gasteiger partial charge in [0, 0.05) is 32.7 Å². The van der Waals surface area contributed by atoms with Crippen molar-refractivity contribution < 1.29 is 4.79 Å². The third-order valence-corrected chi connectivity index (χ3v) is 5.28. The summed E-state index contributed by atoms with van der Waals surface area (Å²) < 4.78 is 0. The van der Waals surface area contributed by atoms with Crippen LogP contribution in [0.2, 0.25) is 0 Å². The highest BCUT2D eigenvalue weighted by Crippen LogP contribution is 2.20. The van der Waals surface area contributed by atoms with Crippen LogP contribution in [0.25, 0.3) is 0 Å². The molecule has 1 fully saturated rings. The lowest BCUT2D eigenvalue weighted by molar-refractivity contribution is 0.0765. The molecule has 1 amide bonds. The van der Waals surface area contributed by atoms with E-state index in [9.17, 15) is 4.79 Å². The van der Waals surface area contributed by atoms with E-state index in [1.165, 1.54) is 16.9 Å². The molecule has 1 aromatic carbocycles. The van der Waals surface area contributed by atoms with Crippen LogP contribution in [0.4, 0.5) is 0 Å². The molecule has 3 rings (SSSR count). The van der Waals surface area contributed by atoms with Gasteiger partial charge in [0.2, 0.25) is 0 Å². The molecule has 1 aromatic heterocycles. The van der Waals surface area contributed by atoms with Gasteiger partial charge in [0.25, 0.3) is 5.91 Å². The second kappa shape index (κ2) is 7.23. The lowest BCUT2D eigenvalue weighted by Crippen LogP contribution is -2.35. The SMILES string of the molecule is Cc1nc(C)c(C(=O)N2CCCN(Cc3ccccc3)CC2)s1. The Labute approximate surface area is 141 Å². The summed E-state index contributed by atoms with van der Waals surface area (Å²) in [7, 11) is 0. The van der Waals surface area contributed by atoms with E-state index in [1.54, 1.807) is 0 Å². The summed E-state index contributed by atoms with van der Waals surface area (Å²) in [6.45, 7) is 8.44. The van der Waals surface area contributed by atoms with Gasteiger partial charge in [-0.15, -0.1) is 11.3 Å². The fourth-order valence-electron chi connectivity index (χ4n) is 3.05.